The van der Waals surface area contributed by atoms with Crippen molar-refractivity contribution in [3.63, 3.8) is 0 Å². The molecule has 0 aromatic heterocycles. The highest BCUT2D eigenvalue weighted by molar-refractivity contribution is 5.78. The molecule has 1 fully saturated rings. The fraction of sp³-hybridized carbons (Fsp3) is 0.611. The minimum atomic E-state index is -0.130. The minimum Gasteiger partial charge on any atom is -0.352 e. The highest BCUT2D eigenvalue weighted by atomic mass is 16.1. The molecule has 0 bridgehead atoms. The Hall–Kier alpha value is -1.39. The van der Waals surface area contributed by atoms with E-state index in [0.29, 0.717) is 19.1 Å². The molecule has 122 valence electrons. The number of nitrogens with zero attached hydrogens (tertiary/aromatic N) is 1. The highest BCUT2D eigenvalue weighted by Gasteiger charge is 2.19. The van der Waals surface area contributed by atoms with Gasteiger partial charge in [-0.2, -0.15) is 0 Å². The summed E-state index contributed by atoms with van der Waals surface area (Å²) in [5.74, 6) is -0.0991. The molecule has 0 aliphatic carbocycles. The summed E-state index contributed by atoms with van der Waals surface area (Å²) in [5.41, 5.74) is 8.07. The zero-order valence-corrected chi connectivity index (χ0v) is 13.8. The van der Waals surface area contributed by atoms with E-state index in [1.165, 1.54) is 36.9 Å². The molecule has 0 spiro atoms. The molecule has 3 N–H and O–H groups in total. The predicted molar refractivity (Wildman–Crippen MR) is 90.2 cm³/mol. The van der Waals surface area contributed by atoms with Crippen LogP contribution in [0.15, 0.2) is 24.3 Å². The Morgan fingerprint density at radius 3 is 2.77 bits per heavy atom. The van der Waals surface area contributed by atoms with Gasteiger partial charge in [0, 0.05) is 31.6 Å². The molecule has 4 heteroatoms. The smallest absolute Gasteiger partial charge is 0.224 e. The first-order valence-corrected chi connectivity index (χ1v) is 8.40. The van der Waals surface area contributed by atoms with E-state index in [9.17, 15) is 4.79 Å². The largest absolute Gasteiger partial charge is 0.352 e. The van der Waals surface area contributed by atoms with Crippen LogP contribution in [0.5, 0.6) is 0 Å². The van der Waals surface area contributed by atoms with E-state index < -0.39 is 0 Å². The number of nitrogens with one attached hydrogen (secondary N) is 1. The monoisotopic (exact) mass is 303 g/mol. The zero-order chi connectivity index (χ0) is 15.9. The van der Waals surface area contributed by atoms with Crippen molar-refractivity contribution in [2.45, 2.75) is 52.2 Å². The number of amides is 1. The van der Waals surface area contributed by atoms with Gasteiger partial charge in [0.05, 0.1) is 0 Å². The van der Waals surface area contributed by atoms with Gasteiger partial charge in [0.25, 0.3) is 0 Å². The van der Waals surface area contributed by atoms with E-state index in [1.807, 2.05) is 13.0 Å². The van der Waals surface area contributed by atoms with E-state index >= 15 is 0 Å². The van der Waals surface area contributed by atoms with Crippen molar-refractivity contribution < 1.29 is 4.79 Å². The van der Waals surface area contributed by atoms with Gasteiger partial charge in [-0.15, -0.1) is 0 Å². The quantitative estimate of drug-likeness (QED) is 0.847. The summed E-state index contributed by atoms with van der Waals surface area (Å²) >= 11 is 0. The molecule has 0 saturated carbocycles. The van der Waals surface area contributed by atoms with Crippen molar-refractivity contribution in [1.82, 2.24) is 10.2 Å². The average molecular weight is 303 g/mol. The van der Waals surface area contributed by atoms with E-state index in [1.54, 1.807) is 0 Å². The highest BCUT2D eigenvalue weighted by Crippen LogP contribution is 2.20. The van der Waals surface area contributed by atoms with Gasteiger partial charge in [0.2, 0.25) is 5.91 Å². The maximum Gasteiger partial charge on any atom is 0.224 e. The molecule has 4 nitrogen and oxygen atoms in total. The van der Waals surface area contributed by atoms with Crippen molar-refractivity contribution in [2.24, 2.45) is 11.7 Å². The van der Waals surface area contributed by atoms with Crippen molar-refractivity contribution in [2.75, 3.05) is 13.1 Å². The zero-order valence-electron chi connectivity index (χ0n) is 13.8. The van der Waals surface area contributed by atoms with Gasteiger partial charge < -0.3 is 11.1 Å². The number of carbonyl (C=O) groups excluding carboxylic acids is 1. The fourth-order valence-corrected chi connectivity index (χ4v) is 2.96. The maximum absolute atomic E-state index is 11.9. The van der Waals surface area contributed by atoms with Gasteiger partial charge >= 0.3 is 0 Å². The maximum atomic E-state index is 11.9. The number of piperidine rings is 1. The molecular weight excluding hydrogens is 274 g/mol. The van der Waals surface area contributed by atoms with Gasteiger partial charge in [0.1, 0.15) is 0 Å². The molecule has 1 aliphatic heterocycles. The van der Waals surface area contributed by atoms with E-state index in [4.69, 9.17) is 5.73 Å². The molecule has 22 heavy (non-hydrogen) atoms. The van der Waals surface area contributed by atoms with Gasteiger partial charge in [-0.05, 0) is 37.4 Å². The number of hydrogen-bond acceptors (Lipinski definition) is 3. The van der Waals surface area contributed by atoms with Crippen LogP contribution in [0.1, 0.15) is 44.2 Å². The van der Waals surface area contributed by atoms with Crippen LogP contribution in [0, 0.1) is 5.92 Å². The lowest BCUT2D eigenvalue weighted by Crippen LogP contribution is -2.37. The van der Waals surface area contributed by atoms with Crippen LogP contribution < -0.4 is 11.1 Å². The van der Waals surface area contributed by atoms with Crippen LogP contribution in [0.4, 0.5) is 0 Å². The standard InChI is InChI=1S/C18H29N3O/c1-14(11-19)18(22)20-12-16-8-3-4-9-17(16)13-21-10-6-5-7-15(21)2/h3-4,8-9,14-15H,5-7,10-13,19H2,1-2H3,(H,20,22). The second-order valence-corrected chi connectivity index (χ2v) is 6.44. The van der Waals surface area contributed by atoms with Crippen LogP contribution in [-0.4, -0.2) is 29.9 Å². The van der Waals surface area contributed by atoms with Gasteiger partial charge in [0.15, 0.2) is 0 Å². The summed E-state index contributed by atoms with van der Waals surface area (Å²) in [6.07, 6.45) is 3.91. The molecule has 1 aromatic carbocycles. The van der Waals surface area contributed by atoms with Crippen LogP contribution in [-0.2, 0) is 17.9 Å². The lowest BCUT2D eigenvalue weighted by molar-refractivity contribution is -0.124. The Labute approximate surface area is 134 Å². The summed E-state index contributed by atoms with van der Waals surface area (Å²) in [6.45, 7) is 7.29. The SMILES string of the molecule is CC(CN)C(=O)NCc1ccccc1CN1CCCCC1C. The van der Waals surface area contributed by atoms with E-state index in [2.05, 4.69) is 35.3 Å². The second kappa shape index (κ2) is 8.30. The van der Waals surface area contributed by atoms with Crippen LogP contribution >= 0.6 is 0 Å². The summed E-state index contributed by atoms with van der Waals surface area (Å²) in [4.78, 5) is 14.4. The molecule has 1 heterocycles. The van der Waals surface area contributed by atoms with Crippen LogP contribution in [0.25, 0.3) is 0 Å². The van der Waals surface area contributed by atoms with Crippen molar-refractivity contribution >= 4 is 5.91 Å². The first kappa shape index (κ1) is 17.0. The molecular formula is C18H29N3O. The third kappa shape index (κ3) is 4.55. The summed E-state index contributed by atoms with van der Waals surface area (Å²) in [5, 5.41) is 3.00. The molecule has 1 saturated heterocycles. The second-order valence-electron chi connectivity index (χ2n) is 6.44. The first-order valence-electron chi connectivity index (χ1n) is 8.40. The van der Waals surface area contributed by atoms with Gasteiger partial charge in [-0.3, -0.25) is 9.69 Å². The molecule has 2 rings (SSSR count). The molecule has 1 amide bonds. The average Bonchev–Trinajstić information content (AvgIpc) is 2.55. The lowest BCUT2D eigenvalue weighted by atomic mass is 10.0. The summed E-state index contributed by atoms with van der Waals surface area (Å²) < 4.78 is 0. The molecule has 2 atom stereocenters. The fourth-order valence-electron chi connectivity index (χ4n) is 2.96. The third-order valence-corrected chi connectivity index (χ3v) is 4.69. The Bertz CT molecular complexity index is 489. The normalized spacial score (nSPS) is 20.6. The summed E-state index contributed by atoms with van der Waals surface area (Å²) in [7, 11) is 0. The Kier molecular flexibility index (Phi) is 6.40. The summed E-state index contributed by atoms with van der Waals surface area (Å²) in [6, 6.07) is 9.05. The van der Waals surface area contributed by atoms with Crippen LogP contribution in [0.3, 0.4) is 0 Å². The molecule has 1 aliphatic rings. The van der Waals surface area contributed by atoms with Crippen molar-refractivity contribution in [1.29, 1.82) is 0 Å². The van der Waals surface area contributed by atoms with Crippen LogP contribution in [0.2, 0.25) is 0 Å². The van der Waals surface area contributed by atoms with Gasteiger partial charge in [-0.25, -0.2) is 0 Å². The number of hydrogen-bond donors (Lipinski definition) is 2. The molecule has 0 radical (unpaired) electrons. The third-order valence-electron chi connectivity index (χ3n) is 4.69. The number of likely N-dealkylation sites (tertiary alicyclic amines) is 1. The Morgan fingerprint density at radius 1 is 1.36 bits per heavy atom. The molecule has 1 aromatic rings. The van der Waals surface area contributed by atoms with E-state index in [-0.39, 0.29) is 11.8 Å². The Morgan fingerprint density at radius 2 is 2.09 bits per heavy atom. The lowest BCUT2D eigenvalue weighted by Gasteiger charge is -2.33. The van der Waals surface area contributed by atoms with E-state index in [0.717, 1.165) is 6.54 Å². The van der Waals surface area contributed by atoms with Gasteiger partial charge in [-0.1, -0.05) is 37.6 Å². The number of rotatable bonds is 6. The number of nitrogens with two attached hydrogens (primary N) is 1. The minimum absolute atomic E-state index is 0.0312. The Balaban J connectivity index is 1.99. The predicted octanol–water partition coefficient (Wildman–Crippen LogP) is 2.27. The topological polar surface area (TPSA) is 58.4 Å². The first-order chi connectivity index (χ1) is 10.6. The van der Waals surface area contributed by atoms with Crippen molar-refractivity contribution in [3.8, 4) is 0 Å². The number of carbonyl (C=O) groups is 1. The number of benzene rings is 1. The molecule has 2 unspecified atom stereocenters. The van der Waals surface area contributed by atoms with Crippen molar-refractivity contribution in [3.05, 3.63) is 35.4 Å².